The fourth-order valence-corrected chi connectivity index (χ4v) is 5.02. The van der Waals surface area contributed by atoms with Gasteiger partial charge in [0, 0.05) is 60.9 Å². The maximum Gasteiger partial charge on any atom is 0.357 e. The van der Waals surface area contributed by atoms with Gasteiger partial charge in [-0.2, -0.15) is 0 Å². The molecule has 2 fully saturated rings. The van der Waals surface area contributed by atoms with Crippen molar-refractivity contribution in [1.29, 1.82) is 5.41 Å². The van der Waals surface area contributed by atoms with Gasteiger partial charge in [0.15, 0.2) is 5.69 Å². The molecule has 3 aromatic rings. The smallest absolute Gasteiger partial charge is 0.357 e. The molecule has 0 spiro atoms. The summed E-state index contributed by atoms with van der Waals surface area (Å²) in [5.41, 5.74) is 3.87. The molecule has 2 aliphatic rings. The van der Waals surface area contributed by atoms with E-state index in [4.69, 9.17) is 19.9 Å². The third-order valence-corrected chi connectivity index (χ3v) is 7.48. The van der Waals surface area contributed by atoms with E-state index in [1.807, 2.05) is 48.7 Å². The van der Waals surface area contributed by atoms with Gasteiger partial charge in [0.05, 0.1) is 6.61 Å². The zero-order valence-electron chi connectivity index (χ0n) is 22.1. The number of benzene rings is 1. The highest BCUT2D eigenvalue weighted by Gasteiger charge is 2.29. The molecule has 8 heteroatoms. The molecule has 1 aliphatic carbocycles. The highest BCUT2D eigenvalue weighted by molar-refractivity contribution is 6.10. The molecule has 2 N–H and O–H groups in total. The van der Waals surface area contributed by atoms with E-state index in [-0.39, 0.29) is 18.2 Å². The lowest BCUT2D eigenvalue weighted by atomic mass is 9.78. The van der Waals surface area contributed by atoms with Gasteiger partial charge in [-0.3, -0.25) is 0 Å². The van der Waals surface area contributed by atoms with Crippen molar-refractivity contribution in [2.75, 3.05) is 37.1 Å². The number of esters is 1. The van der Waals surface area contributed by atoms with E-state index in [9.17, 15) is 4.79 Å². The Morgan fingerprint density at radius 2 is 1.89 bits per heavy atom. The Kier molecular flexibility index (Phi) is 7.98. The van der Waals surface area contributed by atoms with Crippen LogP contribution in [0, 0.1) is 11.3 Å². The Hall–Kier alpha value is -3.78. The van der Waals surface area contributed by atoms with E-state index in [1.54, 1.807) is 13.0 Å². The standard InChI is InChI=1S/C30H35N5O3/c1-3-38-30(36)25-18-24(21-12-13-26(32-19-21)35(2)23-14-16-37-17-15-23)27(28(31)20-8-7-9-20)29(34-25)33-22-10-5-4-6-11-22/h4-6,10-13,18-20,23,31H,3,7-9,14-17H2,1-2H3,(H,33,34). The molecule has 198 valence electrons. The van der Waals surface area contributed by atoms with Crippen LogP contribution in [0.4, 0.5) is 17.3 Å². The quantitative estimate of drug-likeness (QED) is 0.274. The van der Waals surface area contributed by atoms with Crippen LogP contribution in [0.3, 0.4) is 0 Å². The predicted molar refractivity (Wildman–Crippen MR) is 150 cm³/mol. The van der Waals surface area contributed by atoms with Crippen LogP contribution in [0.2, 0.25) is 0 Å². The lowest BCUT2D eigenvalue weighted by Gasteiger charge is -2.32. The van der Waals surface area contributed by atoms with Gasteiger partial charge < -0.3 is 25.1 Å². The highest BCUT2D eigenvalue weighted by atomic mass is 16.5. The maximum absolute atomic E-state index is 12.8. The minimum absolute atomic E-state index is 0.173. The molecular formula is C30H35N5O3. The third-order valence-electron chi connectivity index (χ3n) is 7.48. The minimum atomic E-state index is -0.490. The Labute approximate surface area is 223 Å². The van der Waals surface area contributed by atoms with Crippen molar-refractivity contribution in [2.45, 2.75) is 45.1 Å². The molecule has 5 rings (SSSR count). The molecule has 38 heavy (non-hydrogen) atoms. The predicted octanol–water partition coefficient (Wildman–Crippen LogP) is 5.85. The fraction of sp³-hybridized carbons (Fsp3) is 0.400. The summed E-state index contributed by atoms with van der Waals surface area (Å²) in [6.45, 7) is 3.57. The molecule has 1 saturated heterocycles. The van der Waals surface area contributed by atoms with Gasteiger partial charge in [-0.05, 0) is 68.5 Å². The molecule has 3 heterocycles. The van der Waals surface area contributed by atoms with Gasteiger partial charge in [-0.15, -0.1) is 0 Å². The number of rotatable bonds is 9. The van der Waals surface area contributed by atoms with E-state index in [0.29, 0.717) is 23.1 Å². The van der Waals surface area contributed by atoms with E-state index >= 15 is 0 Å². The van der Waals surface area contributed by atoms with E-state index in [2.05, 4.69) is 22.2 Å². The summed E-state index contributed by atoms with van der Waals surface area (Å²) in [5, 5.41) is 12.5. The van der Waals surface area contributed by atoms with E-state index in [0.717, 1.165) is 68.0 Å². The molecule has 0 radical (unpaired) electrons. The summed E-state index contributed by atoms with van der Waals surface area (Å²) in [6, 6.07) is 15.9. The van der Waals surface area contributed by atoms with Crippen molar-refractivity contribution in [3.63, 3.8) is 0 Å². The minimum Gasteiger partial charge on any atom is -0.461 e. The Balaban J connectivity index is 1.58. The molecule has 0 bridgehead atoms. The van der Waals surface area contributed by atoms with E-state index < -0.39 is 5.97 Å². The summed E-state index contributed by atoms with van der Waals surface area (Å²) in [6.07, 6.45) is 6.87. The van der Waals surface area contributed by atoms with Gasteiger partial charge in [0.1, 0.15) is 11.6 Å². The number of aromatic nitrogens is 2. The number of ether oxygens (including phenoxy) is 2. The van der Waals surface area contributed by atoms with Gasteiger partial charge >= 0.3 is 5.97 Å². The first-order valence-corrected chi connectivity index (χ1v) is 13.4. The molecule has 0 unspecified atom stereocenters. The topological polar surface area (TPSA) is 100 Å². The zero-order valence-corrected chi connectivity index (χ0v) is 22.1. The first-order valence-electron chi connectivity index (χ1n) is 13.4. The summed E-state index contributed by atoms with van der Waals surface area (Å²) in [4.78, 5) is 24.5. The molecular weight excluding hydrogens is 478 g/mol. The van der Waals surface area contributed by atoms with Crippen molar-refractivity contribution in [3.05, 3.63) is 66.0 Å². The van der Waals surface area contributed by atoms with Crippen LogP contribution in [0.1, 0.15) is 55.1 Å². The Bertz CT molecular complexity index is 1270. The summed E-state index contributed by atoms with van der Waals surface area (Å²) in [5.74, 6) is 1.05. The number of nitrogens with zero attached hydrogens (tertiary/aromatic N) is 3. The molecule has 1 aliphatic heterocycles. The molecule has 1 aromatic carbocycles. The van der Waals surface area contributed by atoms with Crippen LogP contribution in [0.25, 0.3) is 11.1 Å². The molecule has 8 nitrogen and oxygen atoms in total. The van der Waals surface area contributed by atoms with Crippen molar-refractivity contribution < 1.29 is 14.3 Å². The number of carbonyl (C=O) groups is 1. The first-order chi connectivity index (χ1) is 18.5. The number of para-hydroxylation sites is 1. The second kappa shape index (κ2) is 11.7. The summed E-state index contributed by atoms with van der Waals surface area (Å²) in [7, 11) is 2.07. The number of hydrogen-bond donors (Lipinski definition) is 2. The lowest BCUT2D eigenvalue weighted by Crippen LogP contribution is -2.37. The van der Waals surface area contributed by atoms with Crippen LogP contribution in [-0.4, -0.2) is 54.6 Å². The Morgan fingerprint density at radius 3 is 2.53 bits per heavy atom. The van der Waals surface area contributed by atoms with Crippen molar-refractivity contribution in [1.82, 2.24) is 9.97 Å². The zero-order chi connectivity index (χ0) is 26.5. The summed E-state index contributed by atoms with van der Waals surface area (Å²) >= 11 is 0. The van der Waals surface area contributed by atoms with Gasteiger partial charge in [0.25, 0.3) is 0 Å². The van der Waals surface area contributed by atoms with E-state index in [1.165, 1.54) is 0 Å². The second-order valence-electron chi connectivity index (χ2n) is 9.89. The second-order valence-corrected chi connectivity index (χ2v) is 9.89. The van der Waals surface area contributed by atoms with Crippen LogP contribution >= 0.6 is 0 Å². The van der Waals surface area contributed by atoms with Gasteiger partial charge in [-0.1, -0.05) is 24.6 Å². The van der Waals surface area contributed by atoms with Crippen LogP contribution in [0.15, 0.2) is 54.7 Å². The number of pyridine rings is 2. The average Bonchev–Trinajstić information content (AvgIpc) is 2.92. The van der Waals surface area contributed by atoms with Gasteiger partial charge in [-0.25, -0.2) is 14.8 Å². The number of carbonyl (C=O) groups excluding carboxylic acids is 1. The fourth-order valence-electron chi connectivity index (χ4n) is 5.02. The normalized spacial score (nSPS) is 15.9. The van der Waals surface area contributed by atoms with Crippen LogP contribution in [0.5, 0.6) is 0 Å². The first kappa shape index (κ1) is 25.9. The van der Waals surface area contributed by atoms with Gasteiger partial charge in [0.2, 0.25) is 0 Å². The average molecular weight is 514 g/mol. The third kappa shape index (κ3) is 5.55. The SMILES string of the molecule is CCOC(=O)c1cc(-c2ccc(N(C)C3CCOCC3)nc2)c(C(=N)C2CCC2)c(Nc2ccccc2)n1. The number of nitrogens with one attached hydrogen (secondary N) is 2. The van der Waals surface area contributed by atoms with Crippen LogP contribution < -0.4 is 10.2 Å². The maximum atomic E-state index is 12.8. The van der Waals surface area contributed by atoms with Crippen molar-refractivity contribution in [2.24, 2.45) is 5.92 Å². The van der Waals surface area contributed by atoms with Crippen molar-refractivity contribution in [3.8, 4) is 11.1 Å². The molecule has 1 saturated carbocycles. The molecule has 2 aromatic heterocycles. The lowest BCUT2D eigenvalue weighted by molar-refractivity contribution is 0.0519. The largest absolute Gasteiger partial charge is 0.461 e. The molecule has 0 atom stereocenters. The summed E-state index contributed by atoms with van der Waals surface area (Å²) < 4.78 is 10.8. The monoisotopic (exact) mass is 513 g/mol. The molecule has 0 amide bonds. The van der Waals surface area contributed by atoms with Crippen LogP contribution in [-0.2, 0) is 9.47 Å². The van der Waals surface area contributed by atoms with Crippen molar-refractivity contribution >= 4 is 29.0 Å². The number of hydrogen-bond acceptors (Lipinski definition) is 8. The Morgan fingerprint density at radius 1 is 1.13 bits per heavy atom. The highest BCUT2D eigenvalue weighted by Crippen LogP contribution is 2.38. The number of anilines is 3.